The van der Waals surface area contributed by atoms with E-state index in [4.69, 9.17) is 14.2 Å². The second kappa shape index (κ2) is 5.08. The predicted octanol–water partition coefficient (Wildman–Crippen LogP) is 1.61. The number of hydrogen-bond acceptors (Lipinski definition) is 5. The molecule has 0 bridgehead atoms. The zero-order valence-electron chi connectivity index (χ0n) is 10.3. The van der Waals surface area contributed by atoms with Gasteiger partial charge in [0.05, 0.1) is 12.7 Å². The summed E-state index contributed by atoms with van der Waals surface area (Å²) in [5.41, 5.74) is 0.591. The van der Waals surface area contributed by atoms with Crippen molar-refractivity contribution in [3.63, 3.8) is 0 Å². The Morgan fingerprint density at radius 1 is 1.61 bits per heavy atom. The highest BCUT2D eigenvalue weighted by Gasteiger charge is 2.33. The van der Waals surface area contributed by atoms with Crippen molar-refractivity contribution in [1.29, 1.82) is 0 Å². The fourth-order valence-corrected chi connectivity index (χ4v) is 1.77. The molecule has 2 aliphatic heterocycles. The van der Waals surface area contributed by atoms with Crippen molar-refractivity contribution >= 4 is 11.9 Å². The van der Waals surface area contributed by atoms with Crippen molar-refractivity contribution in [3.8, 4) is 0 Å². The van der Waals surface area contributed by atoms with Crippen molar-refractivity contribution in [2.24, 2.45) is 0 Å². The summed E-state index contributed by atoms with van der Waals surface area (Å²) in [6.07, 6.45) is 5.22. The van der Waals surface area contributed by atoms with Gasteiger partial charge in [0, 0.05) is 5.57 Å². The van der Waals surface area contributed by atoms with Crippen molar-refractivity contribution in [1.82, 2.24) is 0 Å². The third-order valence-corrected chi connectivity index (χ3v) is 2.53. The maximum Gasteiger partial charge on any atom is 0.379 e. The van der Waals surface area contributed by atoms with Crippen LogP contribution in [0.1, 0.15) is 20.3 Å². The van der Waals surface area contributed by atoms with Gasteiger partial charge >= 0.3 is 11.9 Å². The van der Waals surface area contributed by atoms with E-state index in [-0.39, 0.29) is 24.2 Å². The maximum absolute atomic E-state index is 11.6. The van der Waals surface area contributed by atoms with Crippen LogP contribution in [0.2, 0.25) is 0 Å². The minimum absolute atomic E-state index is 0.183. The molecule has 0 aromatic heterocycles. The van der Waals surface area contributed by atoms with Gasteiger partial charge < -0.3 is 14.2 Å². The number of esters is 2. The molecule has 0 aromatic carbocycles. The average molecular weight is 250 g/mol. The van der Waals surface area contributed by atoms with Crippen LogP contribution in [0.25, 0.3) is 0 Å². The van der Waals surface area contributed by atoms with Crippen LogP contribution < -0.4 is 0 Å². The second-order valence-electron chi connectivity index (χ2n) is 3.91. The van der Waals surface area contributed by atoms with E-state index < -0.39 is 11.9 Å². The van der Waals surface area contributed by atoms with Crippen LogP contribution in [0.5, 0.6) is 0 Å². The highest BCUT2D eigenvalue weighted by atomic mass is 16.6. The van der Waals surface area contributed by atoms with E-state index in [1.807, 2.05) is 19.1 Å². The van der Waals surface area contributed by atoms with Crippen LogP contribution in [0, 0.1) is 0 Å². The lowest BCUT2D eigenvalue weighted by atomic mass is 10.1. The Morgan fingerprint density at radius 3 is 3.11 bits per heavy atom. The summed E-state index contributed by atoms with van der Waals surface area (Å²) in [6, 6.07) is 0. The number of carbonyl (C=O) groups is 2. The van der Waals surface area contributed by atoms with Gasteiger partial charge in [0.15, 0.2) is 0 Å². The van der Waals surface area contributed by atoms with Gasteiger partial charge in [0.1, 0.15) is 11.9 Å². The third-order valence-electron chi connectivity index (χ3n) is 2.53. The first-order chi connectivity index (χ1) is 8.61. The summed E-state index contributed by atoms with van der Waals surface area (Å²) in [5, 5.41) is 0. The van der Waals surface area contributed by atoms with Gasteiger partial charge in [-0.3, -0.25) is 0 Å². The molecule has 0 radical (unpaired) electrons. The van der Waals surface area contributed by atoms with Crippen molar-refractivity contribution < 1.29 is 23.8 Å². The van der Waals surface area contributed by atoms with E-state index in [1.54, 1.807) is 6.92 Å². The fraction of sp³-hybridized carbons (Fsp3) is 0.385. The Hall–Kier alpha value is -2.04. The largest absolute Gasteiger partial charge is 0.479 e. The molecule has 0 saturated heterocycles. The topological polar surface area (TPSA) is 61.8 Å². The molecular weight excluding hydrogens is 236 g/mol. The summed E-state index contributed by atoms with van der Waals surface area (Å²) in [5.74, 6) is -0.693. The number of allylic oxidation sites excluding steroid dienone is 2. The van der Waals surface area contributed by atoms with Gasteiger partial charge in [-0.05, 0) is 26.3 Å². The van der Waals surface area contributed by atoms with Gasteiger partial charge in [0.25, 0.3) is 0 Å². The molecule has 0 saturated carbocycles. The zero-order valence-corrected chi connectivity index (χ0v) is 10.3. The van der Waals surface area contributed by atoms with E-state index in [0.717, 1.165) is 0 Å². The quantitative estimate of drug-likeness (QED) is 0.423. The first-order valence-electron chi connectivity index (χ1n) is 5.79. The van der Waals surface area contributed by atoms with Crippen LogP contribution in [-0.4, -0.2) is 24.6 Å². The first kappa shape index (κ1) is 12.4. The molecule has 0 N–H and O–H groups in total. The third kappa shape index (κ3) is 2.45. The van der Waals surface area contributed by atoms with E-state index in [1.165, 1.54) is 6.08 Å². The molecule has 18 heavy (non-hydrogen) atoms. The number of carbonyl (C=O) groups excluding carboxylic acids is 2. The second-order valence-corrected chi connectivity index (χ2v) is 3.91. The van der Waals surface area contributed by atoms with Crippen LogP contribution in [0.3, 0.4) is 0 Å². The van der Waals surface area contributed by atoms with Crippen molar-refractivity contribution in [3.05, 3.63) is 35.3 Å². The van der Waals surface area contributed by atoms with E-state index in [2.05, 4.69) is 0 Å². The lowest BCUT2D eigenvalue weighted by molar-refractivity contribution is -0.138. The lowest BCUT2D eigenvalue weighted by Crippen LogP contribution is -2.09. The Morgan fingerprint density at radius 2 is 2.39 bits per heavy atom. The van der Waals surface area contributed by atoms with Crippen LogP contribution in [0.4, 0.5) is 0 Å². The monoisotopic (exact) mass is 250 g/mol. The van der Waals surface area contributed by atoms with Gasteiger partial charge in [0.2, 0.25) is 5.76 Å². The average Bonchev–Trinajstić information content (AvgIpc) is 2.50. The smallest absolute Gasteiger partial charge is 0.379 e. The summed E-state index contributed by atoms with van der Waals surface area (Å²) >= 11 is 0. The molecule has 2 heterocycles. The van der Waals surface area contributed by atoms with E-state index in [9.17, 15) is 9.59 Å². The molecule has 5 heteroatoms. The molecule has 0 aliphatic carbocycles. The lowest BCUT2D eigenvalue weighted by Gasteiger charge is -2.07. The summed E-state index contributed by atoms with van der Waals surface area (Å²) < 4.78 is 15.2. The highest BCUT2D eigenvalue weighted by Crippen LogP contribution is 2.32. The Kier molecular flexibility index (Phi) is 3.50. The molecular formula is C13H14O5. The maximum atomic E-state index is 11.6. The van der Waals surface area contributed by atoms with Gasteiger partial charge in [-0.15, -0.1) is 0 Å². The van der Waals surface area contributed by atoms with Crippen molar-refractivity contribution in [2.45, 2.75) is 26.4 Å². The Balaban J connectivity index is 2.27. The summed E-state index contributed by atoms with van der Waals surface area (Å²) in [6.45, 7) is 3.81. The Bertz CT molecular complexity index is 470. The first-order valence-corrected chi connectivity index (χ1v) is 5.79. The molecule has 96 valence electrons. The number of cyclic esters (lactones) is 1. The predicted molar refractivity (Wildman–Crippen MR) is 62.1 cm³/mol. The number of hydrogen-bond donors (Lipinski definition) is 0. The Labute approximate surface area is 105 Å². The molecule has 0 amide bonds. The summed E-state index contributed by atoms with van der Waals surface area (Å²) in [4.78, 5) is 23.0. The van der Waals surface area contributed by atoms with Crippen LogP contribution >= 0.6 is 0 Å². The summed E-state index contributed by atoms with van der Waals surface area (Å²) in [7, 11) is 0. The van der Waals surface area contributed by atoms with Gasteiger partial charge in [-0.1, -0.05) is 6.08 Å². The fourth-order valence-electron chi connectivity index (χ4n) is 1.77. The molecule has 2 rings (SSSR count). The molecule has 0 fully saturated rings. The van der Waals surface area contributed by atoms with E-state index in [0.29, 0.717) is 12.0 Å². The van der Waals surface area contributed by atoms with Crippen LogP contribution in [0.15, 0.2) is 35.3 Å². The normalized spacial score (nSPS) is 24.4. The number of ether oxygens (including phenoxy) is 3. The van der Waals surface area contributed by atoms with Crippen molar-refractivity contribution in [2.75, 3.05) is 6.61 Å². The molecule has 0 spiro atoms. The SMILES string of the molecule is CCOC(=O)/C=C1\OC(=O)C2=C1CC=CC(C)O2. The van der Waals surface area contributed by atoms with E-state index >= 15 is 0 Å². The van der Waals surface area contributed by atoms with Crippen LogP contribution in [-0.2, 0) is 23.8 Å². The van der Waals surface area contributed by atoms with Gasteiger partial charge in [-0.2, -0.15) is 0 Å². The number of rotatable bonds is 2. The minimum atomic E-state index is -0.559. The highest BCUT2D eigenvalue weighted by molar-refractivity contribution is 5.95. The minimum Gasteiger partial charge on any atom is -0.479 e. The standard InChI is InChI=1S/C13H14O5/c1-3-16-11(14)7-10-9-6-4-5-8(2)17-12(9)13(15)18-10/h4-5,7-8H,3,6H2,1-2H3/b10-7-. The molecule has 2 aliphatic rings. The molecule has 5 nitrogen and oxygen atoms in total. The molecule has 0 aromatic rings. The molecule has 1 unspecified atom stereocenters. The molecule has 1 atom stereocenters. The zero-order chi connectivity index (χ0) is 13.1. The van der Waals surface area contributed by atoms with Gasteiger partial charge in [-0.25, -0.2) is 9.59 Å².